The van der Waals surface area contributed by atoms with Gasteiger partial charge in [0.15, 0.2) is 0 Å². The summed E-state index contributed by atoms with van der Waals surface area (Å²) in [4.78, 5) is 14.7. The predicted molar refractivity (Wildman–Crippen MR) is 93.5 cm³/mol. The van der Waals surface area contributed by atoms with Gasteiger partial charge in [0.05, 0.1) is 11.7 Å². The molecule has 0 aliphatic heterocycles. The van der Waals surface area contributed by atoms with Crippen molar-refractivity contribution in [2.75, 3.05) is 0 Å². The second-order valence-electron chi connectivity index (χ2n) is 5.65. The van der Waals surface area contributed by atoms with Gasteiger partial charge in [-0.15, -0.1) is 0 Å². The van der Waals surface area contributed by atoms with Crippen molar-refractivity contribution in [1.82, 2.24) is 4.98 Å². The van der Waals surface area contributed by atoms with Crippen LogP contribution in [0.25, 0.3) is 33.3 Å². The third-order valence-corrected chi connectivity index (χ3v) is 4.16. The number of carboxylic acids is 1. The summed E-state index contributed by atoms with van der Waals surface area (Å²) in [7, 11) is 0. The van der Waals surface area contributed by atoms with Gasteiger partial charge in [-0.25, -0.2) is 0 Å². The maximum Gasteiger partial charge on any atom is 0.0715 e. The Morgan fingerprint density at radius 2 is 1.42 bits per heavy atom. The first-order valence-electron chi connectivity index (χ1n) is 7.72. The number of aromatic carboxylic acids is 1. The molecule has 0 atom stereocenters. The van der Waals surface area contributed by atoms with Crippen molar-refractivity contribution in [2.24, 2.45) is 0 Å². The molecular weight excluding hydrogens is 298 g/mol. The Morgan fingerprint density at radius 1 is 0.792 bits per heavy atom. The lowest BCUT2D eigenvalue weighted by molar-refractivity contribution is -0.255. The second kappa shape index (κ2) is 5.70. The summed E-state index contributed by atoms with van der Waals surface area (Å²) in [6.07, 6.45) is 0. The third-order valence-electron chi connectivity index (χ3n) is 4.16. The molecule has 0 fully saturated rings. The quantitative estimate of drug-likeness (QED) is 0.624. The van der Waals surface area contributed by atoms with Crippen LogP contribution in [-0.2, 0) is 0 Å². The first kappa shape index (κ1) is 14.3. The number of hydrogen-bond donors (Lipinski definition) is 1. The fraction of sp³-hybridized carbons (Fsp3) is 0. The van der Waals surface area contributed by atoms with Gasteiger partial charge in [0.25, 0.3) is 0 Å². The van der Waals surface area contributed by atoms with Crippen LogP contribution in [0, 0.1) is 0 Å². The van der Waals surface area contributed by atoms with Crippen LogP contribution >= 0.6 is 0 Å². The molecule has 3 heteroatoms. The molecule has 0 unspecified atom stereocenters. The average molecular weight is 312 g/mol. The summed E-state index contributed by atoms with van der Waals surface area (Å²) in [5, 5.41) is 12.1. The number of rotatable bonds is 3. The summed E-state index contributed by atoms with van der Waals surface area (Å²) in [5.74, 6) is -1.17. The number of nitrogens with one attached hydrogen (secondary N) is 1. The van der Waals surface area contributed by atoms with Gasteiger partial charge in [0, 0.05) is 16.5 Å². The maximum absolute atomic E-state index is 11.2. The highest BCUT2D eigenvalue weighted by Crippen LogP contribution is 2.38. The lowest BCUT2D eigenvalue weighted by Crippen LogP contribution is -2.21. The number of hydrogen-bond acceptors (Lipinski definition) is 2. The van der Waals surface area contributed by atoms with Crippen molar-refractivity contribution in [2.45, 2.75) is 0 Å². The molecule has 4 rings (SSSR count). The largest absolute Gasteiger partial charge is 0.545 e. The van der Waals surface area contributed by atoms with Crippen molar-refractivity contribution in [3.63, 3.8) is 0 Å². The minimum absolute atomic E-state index is 0.179. The number of fused-ring (bicyclic) bond motifs is 1. The Bertz CT molecular complexity index is 1020. The molecule has 24 heavy (non-hydrogen) atoms. The number of carboxylic acid groups (broad SMARTS) is 1. The maximum atomic E-state index is 11.2. The van der Waals surface area contributed by atoms with Gasteiger partial charge in [-0.3, -0.25) is 0 Å². The van der Waals surface area contributed by atoms with Gasteiger partial charge in [0.1, 0.15) is 0 Å². The Balaban J connectivity index is 2.07. The number of aromatic amines is 1. The average Bonchev–Trinajstić information content (AvgIpc) is 3.01. The first-order valence-corrected chi connectivity index (χ1v) is 7.72. The smallest absolute Gasteiger partial charge is 0.0715 e. The van der Waals surface area contributed by atoms with Gasteiger partial charge in [-0.05, 0) is 28.8 Å². The second-order valence-corrected chi connectivity index (χ2v) is 5.65. The lowest BCUT2D eigenvalue weighted by atomic mass is 9.97. The molecule has 3 aromatic carbocycles. The zero-order valence-electron chi connectivity index (χ0n) is 12.8. The van der Waals surface area contributed by atoms with Crippen molar-refractivity contribution in [3.8, 4) is 22.4 Å². The van der Waals surface area contributed by atoms with E-state index in [0.717, 1.165) is 33.3 Å². The van der Waals surface area contributed by atoms with E-state index in [1.165, 1.54) is 0 Å². The van der Waals surface area contributed by atoms with E-state index in [-0.39, 0.29) is 5.56 Å². The van der Waals surface area contributed by atoms with E-state index in [1.807, 2.05) is 60.7 Å². The molecule has 0 bridgehead atoms. The minimum Gasteiger partial charge on any atom is -0.545 e. The lowest BCUT2D eigenvalue weighted by Gasteiger charge is -2.07. The van der Waals surface area contributed by atoms with E-state index < -0.39 is 5.97 Å². The van der Waals surface area contributed by atoms with E-state index in [0.29, 0.717) is 0 Å². The minimum atomic E-state index is -1.17. The van der Waals surface area contributed by atoms with Gasteiger partial charge in [-0.2, -0.15) is 0 Å². The molecule has 0 aliphatic carbocycles. The molecule has 0 spiro atoms. The van der Waals surface area contributed by atoms with Crippen LogP contribution in [0.3, 0.4) is 0 Å². The summed E-state index contributed by atoms with van der Waals surface area (Å²) in [5.41, 5.74) is 5.16. The molecule has 1 heterocycles. The van der Waals surface area contributed by atoms with E-state index in [9.17, 15) is 9.90 Å². The highest BCUT2D eigenvalue weighted by molar-refractivity contribution is 6.06. The fourth-order valence-corrected chi connectivity index (χ4v) is 3.04. The summed E-state index contributed by atoms with van der Waals surface area (Å²) < 4.78 is 0. The Labute approximate surface area is 139 Å². The molecule has 0 saturated carbocycles. The standard InChI is InChI=1S/C21H15NO2/c23-21(24)16-11-12-18-17(13-16)19(14-7-3-1-4-8-14)20(22-18)15-9-5-2-6-10-15/h1-13,22H,(H,23,24)/p-1. The normalized spacial score (nSPS) is 10.8. The van der Waals surface area contributed by atoms with Crippen LogP contribution in [0.1, 0.15) is 10.4 Å². The van der Waals surface area contributed by atoms with Crippen LogP contribution in [-0.4, -0.2) is 11.0 Å². The molecule has 1 aromatic heterocycles. The Hall–Kier alpha value is -3.33. The number of aromatic nitrogens is 1. The number of carbonyl (C=O) groups is 1. The molecule has 4 aromatic rings. The van der Waals surface area contributed by atoms with Crippen molar-refractivity contribution in [1.29, 1.82) is 0 Å². The first-order chi connectivity index (χ1) is 11.7. The number of H-pyrrole nitrogens is 1. The van der Waals surface area contributed by atoms with Gasteiger partial charge < -0.3 is 14.9 Å². The zero-order valence-corrected chi connectivity index (χ0v) is 12.8. The highest BCUT2D eigenvalue weighted by Gasteiger charge is 2.15. The molecule has 116 valence electrons. The number of carbonyl (C=O) groups excluding carboxylic acids is 1. The van der Waals surface area contributed by atoms with Gasteiger partial charge >= 0.3 is 0 Å². The molecule has 0 saturated heterocycles. The number of benzene rings is 3. The molecule has 0 aliphatic rings. The van der Waals surface area contributed by atoms with E-state index in [4.69, 9.17) is 0 Å². The van der Waals surface area contributed by atoms with Crippen LogP contribution in [0.15, 0.2) is 78.9 Å². The highest BCUT2D eigenvalue weighted by atomic mass is 16.4. The topological polar surface area (TPSA) is 55.9 Å². The molecule has 3 nitrogen and oxygen atoms in total. The summed E-state index contributed by atoms with van der Waals surface area (Å²) >= 11 is 0. The zero-order chi connectivity index (χ0) is 16.5. The Kier molecular flexibility index (Phi) is 3.39. The van der Waals surface area contributed by atoms with Crippen LogP contribution in [0.4, 0.5) is 0 Å². The molecule has 0 amide bonds. The monoisotopic (exact) mass is 312 g/mol. The van der Waals surface area contributed by atoms with E-state index in [2.05, 4.69) is 4.98 Å². The van der Waals surface area contributed by atoms with Crippen molar-refractivity contribution in [3.05, 3.63) is 84.4 Å². The van der Waals surface area contributed by atoms with Crippen LogP contribution in [0.5, 0.6) is 0 Å². The van der Waals surface area contributed by atoms with Crippen molar-refractivity contribution < 1.29 is 9.90 Å². The summed E-state index contributed by atoms with van der Waals surface area (Å²) in [6.45, 7) is 0. The Morgan fingerprint density at radius 3 is 2.04 bits per heavy atom. The van der Waals surface area contributed by atoms with Gasteiger partial charge in [-0.1, -0.05) is 66.7 Å². The van der Waals surface area contributed by atoms with Gasteiger partial charge in [0.2, 0.25) is 0 Å². The van der Waals surface area contributed by atoms with E-state index >= 15 is 0 Å². The molecule has 1 N–H and O–H groups in total. The third kappa shape index (κ3) is 2.36. The van der Waals surface area contributed by atoms with Crippen molar-refractivity contribution >= 4 is 16.9 Å². The summed E-state index contributed by atoms with van der Waals surface area (Å²) in [6, 6.07) is 25.0. The van der Waals surface area contributed by atoms with Crippen LogP contribution in [0.2, 0.25) is 0 Å². The fourth-order valence-electron chi connectivity index (χ4n) is 3.04. The predicted octanol–water partition coefficient (Wildman–Crippen LogP) is 3.87. The molecular formula is C21H14NO2-. The van der Waals surface area contributed by atoms with Crippen LogP contribution < -0.4 is 5.11 Å². The SMILES string of the molecule is O=C([O-])c1ccc2[nH]c(-c3ccccc3)c(-c3ccccc3)c2c1. The van der Waals surface area contributed by atoms with E-state index in [1.54, 1.807) is 18.2 Å². The molecule has 0 radical (unpaired) electrons.